The monoisotopic (exact) mass is 1290 g/mol. The summed E-state index contributed by atoms with van der Waals surface area (Å²) in [6.45, 7) is 32.7. The number of hydrogen-bond acceptors (Lipinski definition) is 13. The Morgan fingerprint density at radius 3 is 1.53 bits per heavy atom. The van der Waals surface area contributed by atoms with Gasteiger partial charge in [-0.2, -0.15) is 0 Å². The molecular formula is C64H94ClF4N3O13P2. The van der Waals surface area contributed by atoms with E-state index in [0.717, 1.165) is 24.3 Å². The summed E-state index contributed by atoms with van der Waals surface area (Å²) in [5.41, 5.74) is 5.06. The van der Waals surface area contributed by atoms with E-state index in [4.69, 9.17) is 41.0 Å². The fraction of sp³-hybridized carbons (Fsp3) is 0.609. The maximum atomic E-state index is 14.7. The van der Waals surface area contributed by atoms with Crippen molar-refractivity contribution in [2.75, 3.05) is 59.3 Å². The van der Waals surface area contributed by atoms with Crippen LogP contribution in [0.25, 0.3) is 0 Å². The van der Waals surface area contributed by atoms with E-state index >= 15 is 0 Å². The number of carbonyl (C=O) groups excluding carboxylic acids is 4. The summed E-state index contributed by atoms with van der Waals surface area (Å²) in [5.74, 6) is -4.23. The summed E-state index contributed by atoms with van der Waals surface area (Å²) < 4.78 is 112. The largest absolute Gasteiger partial charge is 0.480 e. The minimum absolute atomic E-state index is 0.0467. The highest BCUT2D eigenvalue weighted by atomic mass is 35.5. The van der Waals surface area contributed by atoms with Gasteiger partial charge in [-0.1, -0.05) is 78.0 Å². The number of allylic oxidation sites excluding steroid dienone is 2. The quantitative estimate of drug-likeness (QED) is 0.0229. The maximum Gasteiger partial charge on any atom is 0.403 e. The smallest absolute Gasteiger partial charge is 0.403 e. The summed E-state index contributed by atoms with van der Waals surface area (Å²) in [4.78, 5) is 63.2. The first-order valence-corrected chi connectivity index (χ1v) is 33.9. The van der Waals surface area contributed by atoms with Crippen LogP contribution in [-0.2, 0) is 63.9 Å². The molecule has 2 aromatic carbocycles. The molecule has 2 heterocycles. The third kappa shape index (κ3) is 21.7. The molecule has 0 radical (unpaired) electrons. The Labute approximate surface area is 517 Å². The Morgan fingerprint density at radius 1 is 0.701 bits per heavy atom. The SMILES string of the molecule is C=CCOCC[C@@H]1C[C@]1(CC(=O)[C@@H]1C[C@H](C)CN1C(=O)[C@@H](C)CC=C)P(=O)(Cc1c(F)cccc1F)OCC.C=CCOCC[C@@H]1C[C@]1(N)P(=O)(Cc1c(F)cccc1F)OCC.C=CC[C@H](C)C(=O)N1C[C@@H](C)C[C@H]1C(=O)O.CC(C)COC(=O)Cl. The van der Waals surface area contributed by atoms with Crippen LogP contribution in [0.15, 0.2) is 87.0 Å². The van der Waals surface area contributed by atoms with Crippen LogP contribution in [0.2, 0.25) is 0 Å². The van der Waals surface area contributed by atoms with Gasteiger partial charge in [0.2, 0.25) is 26.6 Å². The van der Waals surface area contributed by atoms with E-state index in [0.29, 0.717) is 103 Å². The zero-order chi connectivity index (χ0) is 65.5. The lowest BCUT2D eigenvalue weighted by Crippen LogP contribution is -2.44. The Hall–Kier alpha value is -4.78. The van der Waals surface area contributed by atoms with Crippen molar-refractivity contribution in [2.45, 2.75) is 148 Å². The number of ketones is 1. The molecule has 4 fully saturated rings. The van der Waals surface area contributed by atoms with Gasteiger partial charge in [-0.25, -0.2) is 27.2 Å². The molecule has 12 atom stereocenters. The van der Waals surface area contributed by atoms with Gasteiger partial charge in [0.1, 0.15) is 29.3 Å². The van der Waals surface area contributed by atoms with Crippen molar-refractivity contribution in [1.29, 1.82) is 0 Å². The third-order valence-corrected chi connectivity index (χ3v) is 22.8. The molecule has 2 saturated carbocycles. The fourth-order valence-electron chi connectivity index (χ4n) is 11.3. The van der Waals surface area contributed by atoms with E-state index < -0.39 is 78.1 Å². The Kier molecular flexibility index (Phi) is 31.8. The standard InChI is InChI=1S/C30H42F2NO5P.C17H24F2NO3P.C12H19NO3.C5H9ClO2/c1-6-10-22(5)29(35)33-19-21(4)16-27(33)28(34)18-30(17-23(30)13-15-37-14-7-2)39(36,38-8-3)20-24-25(31)11-9-12-26(24)32;1-3-9-22-10-8-13-11-17(13,20)24(21,23-4-2)12-14-15(18)6-5-7-16(14)19;1-4-5-9(3)11(14)13-7-8(2)6-10(13)12(15)16;1-4(2)3-8-5(6)7/h6-7,9,11-12,21-23,27H,1-2,8,10,13-20H2,3-5H3;3,5-7,13H,1,4,8-12,20H2,2H3;4,8-10H,1,5-7H2,2-3H3,(H,15,16);4H,3H2,1-2H3/t21-,22-,23+,27-,30+,39?;13-,17+,24?;8-,9-,10-;/m010./s1. The molecule has 0 bridgehead atoms. The number of likely N-dealkylation sites (tertiary alicyclic amines) is 2. The summed E-state index contributed by atoms with van der Waals surface area (Å²) >= 11 is 4.86. The van der Waals surface area contributed by atoms with Crippen LogP contribution < -0.4 is 5.73 Å². The molecule has 3 N–H and O–H groups in total. The van der Waals surface area contributed by atoms with Crippen LogP contribution in [-0.4, -0.2) is 126 Å². The van der Waals surface area contributed by atoms with Crippen LogP contribution in [0.5, 0.6) is 0 Å². The van der Waals surface area contributed by atoms with Gasteiger partial charge in [0.05, 0.1) is 61.8 Å². The lowest BCUT2D eigenvalue weighted by molar-refractivity contribution is -0.149. The summed E-state index contributed by atoms with van der Waals surface area (Å²) in [6.07, 6.45) is 10.1. The van der Waals surface area contributed by atoms with Crippen LogP contribution in [0.1, 0.15) is 124 Å². The van der Waals surface area contributed by atoms with E-state index in [1.54, 1.807) is 43.1 Å². The molecule has 2 aromatic rings. The average molecular weight is 1290 g/mol. The second-order valence-electron chi connectivity index (χ2n) is 23.6. The molecule has 0 aromatic heterocycles. The normalized spacial score (nSPS) is 24.6. The van der Waals surface area contributed by atoms with Crippen LogP contribution in [0.4, 0.5) is 22.4 Å². The first kappa shape index (κ1) is 76.5. The number of hydrogen-bond donors (Lipinski definition) is 2. The van der Waals surface area contributed by atoms with E-state index in [2.05, 4.69) is 31.1 Å². The van der Waals surface area contributed by atoms with Gasteiger partial charge in [-0.15, -0.1) is 26.3 Å². The van der Waals surface area contributed by atoms with Gasteiger partial charge in [-0.05, 0) is 119 Å². The molecule has 2 unspecified atom stereocenters. The average Bonchev–Trinajstić information content (AvgIpc) is 1.58. The molecule has 2 aliphatic heterocycles. The Bertz CT molecular complexity index is 2720. The van der Waals surface area contributed by atoms with E-state index in [9.17, 15) is 50.7 Å². The second-order valence-corrected chi connectivity index (χ2v) is 29.4. The number of nitrogens with zero attached hydrogens (tertiary/aromatic N) is 2. The molecule has 87 heavy (non-hydrogen) atoms. The highest BCUT2D eigenvalue weighted by Gasteiger charge is 2.67. The molecule has 2 aliphatic carbocycles. The number of Topliss-reactive ketones (excluding diaryl/α,β-unsaturated/α-hetero) is 1. The van der Waals surface area contributed by atoms with Crippen molar-refractivity contribution in [3.05, 3.63) is 121 Å². The molecule has 488 valence electrons. The van der Waals surface area contributed by atoms with Crippen molar-refractivity contribution in [3.8, 4) is 0 Å². The zero-order valence-electron chi connectivity index (χ0n) is 52.0. The first-order chi connectivity index (χ1) is 41.0. The van der Waals surface area contributed by atoms with E-state index in [1.807, 2.05) is 41.5 Å². The van der Waals surface area contributed by atoms with Gasteiger partial charge in [-0.3, -0.25) is 23.5 Å². The number of rotatable bonds is 32. The molecule has 2 amide bonds. The number of halogens is 5. The van der Waals surface area contributed by atoms with E-state index in [1.165, 1.54) is 17.0 Å². The zero-order valence-corrected chi connectivity index (χ0v) is 54.6. The van der Waals surface area contributed by atoms with Gasteiger partial charge in [0, 0.05) is 67.3 Å². The topological polar surface area (TPSA) is 218 Å². The number of aliphatic carboxylic acids is 1. The molecule has 6 rings (SSSR count). The summed E-state index contributed by atoms with van der Waals surface area (Å²) in [6, 6.07) is 5.81. The van der Waals surface area contributed by atoms with E-state index in [-0.39, 0.29) is 90.0 Å². The maximum absolute atomic E-state index is 14.7. The van der Waals surface area contributed by atoms with Crippen LogP contribution >= 0.6 is 26.3 Å². The minimum atomic E-state index is -3.77. The molecular weight excluding hydrogens is 1190 g/mol. The molecule has 16 nitrogen and oxygen atoms in total. The predicted octanol–water partition coefficient (Wildman–Crippen LogP) is 14.1. The highest BCUT2D eigenvalue weighted by Crippen LogP contribution is 2.77. The van der Waals surface area contributed by atoms with Crippen molar-refractivity contribution < 1.29 is 79.0 Å². The first-order valence-electron chi connectivity index (χ1n) is 29.9. The van der Waals surface area contributed by atoms with Gasteiger partial charge >= 0.3 is 11.4 Å². The van der Waals surface area contributed by atoms with Crippen molar-refractivity contribution >= 4 is 55.3 Å². The minimum Gasteiger partial charge on any atom is -0.480 e. The second kappa shape index (κ2) is 36.2. The third-order valence-electron chi connectivity index (χ3n) is 16.0. The number of ether oxygens (including phenoxy) is 3. The lowest BCUT2D eigenvalue weighted by atomic mass is 9.99. The number of carboxylic acid groups (broad SMARTS) is 1. The molecule has 23 heteroatoms. The van der Waals surface area contributed by atoms with Crippen molar-refractivity contribution in [3.63, 3.8) is 0 Å². The number of nitrogens with two attached hydrogens (primary N) is 1. The summed E-state index contributed by atoms with van der Waals surface area (Å²) in [5, 5.41) is 6.93. The van der Waals surface area contributed by atoms with Gasteiger partial charge in [0.25, 0.3) is 0 Å². The lowest BCUT2D eigenvalue weighted by Gasteiger charge is -2.32. The summed E-state index contributed by atoms with van der Waals surface area (Å²) in [7, 11) is -7.23. The van der Waals surface area contributed by atoms with Gasteiger partial charge in [0.15, 0.2) is 5.78 Å². The van der Waals surface area contributed by atoms with Crippen molar-refractivity contribution in [2.24, 2.45) is 47.2 Å². The molecule has 4 aliphatic rings. The fourth-order valence-corrected chi connectivity index (χ4v) is 17.7. The number of amides is 2. The molecule has 0 spiro atoms. The Morgan fingerprint density at radius 2 is 1.13 bits per heavy atom. The Balaban J connectivity index is 0.000000348. The van der Waals surface area contributed by atoms with Crippen molar-refractivity contribution in [1.82, 2.24) is 9.80 Å². The number of benzene rings is 2. The van der Waals surface area contributed by atoms with Crippen LogP contribution in [0.3, 0.4) is 0 Å². The number of carboxylic acids is 1. The predicted molar refractivity (Wildman–Crippen MR) is 332 cm³/mol. The van der Waals surface area contributed by atoms with Gasteiger partial charge < -0.3 is 43.9 Å². The highest BCUT2D eigenvalue weighted by molar-refractivity contribution is 7.60. The molecule has 2 saturated heterocycles. The number of carbonyl (C=O) groups is 5. The van der Waals surface area contributed by atoms with Crippen LogP contribution in [0, 0.1) is 64.7 Å².